The van der Waals surface area contributed by atoms with Crippen LogP contribution in [-0.4, -0.2) is 37.1 Å². The molecule has 1 fully saturated rings. The van der Waals surface area contributed by atoms with Gasteiger partial charge in [0.05, 0.1) is 28.2 Å². The summed E-state index contributed by atoms with van der Waals surface area (Å²) in [6.45, 7) is 3.55. The summed E-state index contributed by atoms with van der Waals surface area (Å²) in [6, 6.07) is 9.73. The Morgan fingerprint density at radius 2 is 1.97 bits per heavy atom. The number of hydrogen-bond donors (Lipinski definition) is 2. The van der Waals surface area contributed by atoms with Crippen LogP contribution in [0.3, 0.4) is 0 Å². The Hall–Kier alpha value is -2.69. The van der Waals surface area contributed by atoms with E-state index in [-0.39, 0.29) is 24.1 Å². The Bertz CT molecular complexity index is 1270. The lowest BCUT2D eigenvalue weighted by Gasteiger charge is -2.35. The van der Waals surface area contributed by atoms with E-state index < -0.39 is 50.0 Å². The van der Waals surface area contributed by atoms with E-state index in [1.54, 1.807) is 38.1 Å². The van der Waals surface area contributed by atoms with Crippen LogP contribution < -0.4 is 10.6 Å². The number of carbonyl (C=O) groups is 1. The Kier molecular flexibility index (Phi) is 7.11. The molecule has 34 heavy (non-hydrogen) atoms. The van der Waals surface area contributed by atoms with Gasteiger partial charge in [0.2, 0.25) is 0 Å². The molecule has 1 amide bonds. The summed E-state index contributed by atoms with van der Waals surface area (Å²) >= 11 is 1.14. The van der Waals surface area contributed by atoms with Gasteiger partial charge in [-0.15, -0.1) is 11.3 Å². The van der Waals surface area contributed by atoms with E-state index >= 15 is 4.39 Å². The number of nitrogens with one attached hydrogen (secondary N) is 2. The summed E-state index contributed by atoms with van der Waals surface area (Å²) in [5.41, 5.74) is 2.14. The summed E-state index contributed by atoms with van der Waals surface area (Å²) < 4.78 is 56.9. The number of rotatable bonds is 6. The lowest BCUT2D eigenvalue weighted by atomic mass is 9.99. The highest BCUT2D eigenvalue weighted by atomic mass is 32.2. The second-order valence-electron chi connectivity index (χ2n) is 8.45. The van der Waals surface area contributed by atoms with E-state index in [1.807, 2.05) is 6.07 Å². The molecule has 2 heterocycles. The van der Waals surface area contributed by atoms with E-state index in [1.165, 1.54) is 11.7 Å². The van der Waals surface area contributed by atoms with Gasteiger partial charge in [-0.05, 0) is 43.5 Å². The molecule has 1 aliphatic heterocycles. The van der Waals surface area contributed by atoms with Crippen molar-refractivity contribution in [3.63, 3.8) is 0 Å². The van der Waals surface area contributed by atoms with Gasteiger partial charge >= 0.3 is 0 Å². The number of amides is 1. The normalized spacial score (nSPS) is 22.8. The summed E-state index contributed by atoms with van der Waals surface area (Å²) in [5, 5.41) is 4.16. The molecule has 4 rings (SSSR count). The first-order valence-corrected chi connectivity index (χ1v) is 13.4. The van der Waals surface area contributed by atoms with Gasteiger partial charge in [-0.2, -0.15) is 0 Å². The molecule has 0 spiro atoms. The molecule has 3 aromatic rings. The molecule has 0 saturated carbocycles. The quantitative estimate of drug-likeness (QED) is 0.529. The minimum Gasteiger partial charge on any atom is -0.345 e. The first-order chi connectivity index (χ1) is 16.2. The molecule has 2 unspecified atom stereocenters. The molecule has 10 heteroatoms. The van der Waals surface area contributed by atoms with Crippen molar-refractivity contribution in [1.82, 2.24) is 15.6 Å². The lowest BCUT2D eigenvalue weighted by molar-refractivity contribution is 0.0943. The Morgan fingerprint density at radius 1 is 1.24 bits per heavy atom. The molecule has 0 radical (unpaired) electrons. The molecule has 2 N–H and O–H groups in total. The van der Waals surface area contributed by atoms with Gasteiger partial charge in [-0.1, -0.05) is 30.3 Å². The number of hydrogen-bond acceptors (Lipinski definition) is 6. The van der Waals surface area contributed by atoms with Crippen LogP contribution in [0.4, 0.5) is 8.78 Å². The van der Waals surface area contributed by atoms with Crippen LogP contribution in [0.5, 0.6) is 0 Å². The van der Waals surface area contributed by atoms with Crippen molar-refractivity contribution in [2.45, 2.75) is 42.9 Å². The number of nitrogens with zero attached hydrogens (tertiary/aromatic N) is 1. The monoisotopic (exact) mass is 505 g/mol. The zero-order valence-corrected chi connectivity index (χ0v) is 20.3. The number of carbonyl (C=O) groups excluding carboxylic acids is 1. The molecular formula is C24H25F2N3O3S2. The summed E-state index contributed by atoms with van der Waals surface area (Å²) in [6.07, 6.45) is 1.24. The first kappa shape index (κ1) is 24.4. The maximum atomic E-state index is 15.1. The second-order valence-corrected chi connectivity index (χ2v) is 11.7. The SMILES string of the molecule is CC(NC(=O)c1cncs1)c1cc(F)c(CC2[C@H](C)NC[C@@H](c3ccccc3)S2(=O)=O)cc1F. The zero-order chi connectivity index (χ0) is 24.5. The predicted octanol–water partition coefficient (Wildman–Crippen LogP) is 3.97. The lowest BCUT2D eigenvalue weighted by Crippen LogP contribution is -2.53. The predicted molar refractivity (Wildman–Crippen MR) is 127 cm³/mol. The van der Waals surface area contributed by atoms with Gasteiger partial charge in [0.15, 0.2) is 9.84 Å². The van der Waals surface area contributed by atoms with Gasteiger partial charge < -0.3 is 10.6 Å². The van der Waals surface area contributed by atoms with E-state index in [0.717, 1.165) is 23.5 Å². The van der Waals surface area contributed by atoms with Crippen LogP contribution in [0.2, 0.25) is 0 Å². The smallest absolute Gasteiger partial charge is 0.263 e. The van der Waals surface area contributed by atoms with E-state index in [2.05, 4.69) is 15.6 Å². The van der Waals surface area contributed by atoms with Crippen molar-refractivity contribution in [2.75, 3.05) is 6.54 Å². The molecule has 6 nitrogen and oxygen atoms in total. The third-order valence-electron chi connectivity index (χ3n) is 6.23. The van der Waals surface area contributed by atoms with E-state index in [9.17, 15) is 17.6 Å². The molecule has 180 valence electrons. The summed E-state index contributed by atoms with van der Waals surface area (Å²) in [4.78, 5) is 16.4. The standard InChI is InChI=1S/C24H25F2N3O3S2/c1-14(29-24(30)21-11-27-13-33-21)18-10-19(25)17(8-20(18)26)9-22-15(2)28-12-23(34(22,31)32)16-6-4-3-5-7-16/h3-8,10-11,13-15,22-23,28H,9,12H2,1-2H3,(H,29,30)/t14?,15-,22?,23-/m0/s1. The zero-order valence-electron chi connectivity index (χ0n) is 18.7. The third kappa shape index (κ3) is 4.89. The molecule has 0 aliphatic carbocycles. The Labute approximate surface area is 201 Å². The molecular weight excluding hydrogens is 480 g/mol. The highest BCUT2D eigenvalue weighted by Crippen LogP contribution is 2.33. The fourth-order valence-electron chi connectivity index (χ4n) is 4.29. The van der Waals surface area contributed by atoms with Crippen molar-refractivity contribution in [3.8, 4) is 0 Å². The number of halogens is 2. The van der Waals surface area contributed by atoms with Gasteiger partial charge in [0.25, 0.3) is 5.91 Å². The Balaban J connectivity index is 1.56. The molecule has 1 aliphatic rings. The van der Waals surface area contributed by atoms with Crippen molar-refractivity contribution in [2.24, 2.45) is 0 Å². The maximum absolute atomic E-state index is 15.1. The highest BCUT2D eigenvalue weighted by molar-refractivity contribution is 7.92. The van der Waals surface area contributed by atoms with Crippen molar-refractivity contribution in [1.29, 1.82) is 0 Å². The largest absolute Gasteiger partial charge is 0.345 e. The number of benzene rings is 2. The van der Waals surface area contributed by atoms with Gasteiger partial charge in [0.1, 0.15) is 16.5 Å². The van der Waals surface area contributed by atoms with Crippen LogP contribution in [0.1, 0.15) is 51.5 Å². The maximum Gasteiger partial charge on any atom is 0.263 e. The second kappa shape index (κ2) is 9.89. The average molecular weight is 506 g/mol. The topological polar surface area (TPSA) is 88.2 Å². The van der Waals surface area contributed by atoms with E-state index in [0.29, 0.717) is 10.4 Å². The first-order valence-electron chi connectivity index (χ1n) is 10.9. The van der Waals surface area contributed by atoms with Crippen molar-refractivity contribution in [3.05, 3.63) is 87.4 Å². The number of thiazole rings is 1. The van der Waals surface area contributed by atoms with Gasteiger partial charge in [-0.3, -0.25) is 9.78 Å². The third-order valence-corrected chi connectivity index (χ3v) is 9.65. The molecule has 2 aromatic carbocycles. The van der Waals surface area contributed by atoms with Gasteiger partial charge in [-0.25, -0.2) is 17.2 Å². The van der Waals surface area contributed by atoms with Crippen LogP contribution in [-0.2, 0) is 16.3 Å². The van der Waals surface area contributed by atoms with Crippen LogP contribution in [0, 0.1) is 11.6 Å². The molecule has 0 bridgehead atoms. The van der Waals surface area contributed by atoms with Crippen molar-refractivity contribution >= 4 is 27.1 Å². The summed E-state index contributed by atoms with van der Waals surface area (Å²) in [7, 11) is -3.68. The fourth-order valence-corrected chi connectivity index (χ4v) is 7.17. The fraction of sp³-hybridized carbons (Fsp3) is 0.333. The van der Waals surface area contributed by atoms with Crippen molar-refractivity contribution < 1.29 is 22.0 Å². The molecule has 1 aromatic heterocycles. The highest BCUT2D eigenvalue weighted by Gasteiger charge is 2.42. The van der Waals surface area contributed by atoms with Crippen LogP contribution in [0.25, 0.3) is 0 Å². The minimum absolute atomic E-state index is 0.0149. The average Bonchev–Trinajstić information content (AvgIpc) is 3.34. The number of aromatic nitrogens is 1. The minimum atomic E-state index is -3.68. The van der Waals surface area contributed by atoms with Crippen LogP contribution >= 0.6 is 11.3 Å². The molecule has 4 atom stereocenters. The van der Waals surface area contributed by atoms with Crippen LogP contribution in [0.15, 0.2) is 54.2 Å². The Morgan fingerprint density at radius 3 is 2.65 bits per heavy atom. The summed E-state index contributed by atoms with van der Waals surface area (Å²) in [5.74, 6) is -1.85. The molecule has 1 saturated heterocycles. The van der Waals surface area contributed by atoms with Gasteiger partial charge in [0, 0.05) is 18.2 Å². The number of sulfone groups is 1. The van der Waals surface area contributed by atoms with E-state index in [4.69, 9.17) is 0 Å².